The van der Waals surface area contributed by atoms with E-state index in [1.807, 2.05) is 41.1 Å². The molecule has 0 aliphatic carbocycles. The number of para-hydroxylation sites is 1. The number of aromatic nitrogens is 1. The van der Waals surface area contributed by atoms with Crippen LogP contribution in [-0.2, 0) is 11.2 Å². The van der Waals surface area contributed by atoms with Crippen molar-refractivity contribution in [3.8, 4) is 0 Å². The van der Waals surface area contributed by atoms with Gasteiger partial charge in [0.05, 0.1) is 6.04 Å². The molecular formula is C12H13IN2O. The Labute approximate surface area is 108 Å². The topological polar surface area (TPSA) is 44.9 Å². The summed E-state index contributed by atoms with van der Waals surface area (Å²) in [6.07, 6.45) is 0.701. The Morgan fingerprint density at radius 3 is 2.88 bits per heavy atom. The van der Waals surface area contributed by atoms with E-state index in [-0.39, 0.29) is 11.8 Å². The molecule has 2 N–H and O–H groups in total. The van der Waals surface area contributed by atoms with Crippen LogP contribution in [0.3, 0.4) is 0 Å². The average Bonchev–Trinajstić information content (AvgIpc) is 2.67. The van der Waals surface area contributed by atoms with Crippen molar-refractivity contribution in [2.75, 3.05) is 0 Å². The number of fused-ring (bicyclic) bond motifs is 1. The van der Waals surface area contributed by atoms with E-state index in [4.69, 9.17) is 0 Å². The molecule has 2 aromatic rings. The van der Waals surface area contributed by atoms with E-state index in [0.29, 0.717) is 6.42 Å². The summed E-state index contributed by atoms with van der Waals surface area (Å²) in [5, 5.41) is 1.19. The van der Waals surface area contributed by atoms with Gasteiger partial charge in [0.1, 0.15) is 5.78 Å². The summed E-state index contributed by atoms with van der Waals surface area (Å²) in [5.41, 5.74) is 2.21. The highest BCUT2D eigenvalue weighted by molar-refractivity contribution is 14.1. The number of Topliss-reactive ketones (excluding diaryl/α,β-unsaturated/α-hetero) is 1. The summed E-state index contributed by atoms with van der Waals surface area (Å²) in [6.45, 7) is 1.61. The molecule has 0 aliphatic heterocycles. The van der Waals surface area contributed by atoms with Crippen LogP contribution in [0.4, 0.5) is 0 Å². The third-order valence-corrected chi connectivity index (χ3v) is 3.38. The molecule has 1 heterocycles. The number of H-pyrrole nitrogens is 1. The molecule has 0 spiro atoms. The zero-order chi connectivity index (χ0) is 11.5. The third kappa shape index (κ3) is 2.44. The van der Waals surface area contributed by atoms with Crippen molar-refractivity contribution < 1.29 is 4.79 Å². The number of carbonyl (C=O) groups is 1. The van der Waals surface area contributed by atoms with E-state index in [1.165, 1.54) is 5.39 Å². The minimum Gasteiger partial charge on any atom is -0.358 e. The molecule has 0 radical (unpaired) electrons. The molecule has 0 saturated heterocycles. The van der Waals surface area contributed by atoms with Gasteiger partial charge in [-0.15, -0.1) is 0 Å². The molecule has 3 nitrogen and oxygen atoms in total. The summed E-state index contributed by atoms with van der Waals surface area (Å²) in [6, 6.07) is 10.1. The third-order valence-electron chi connectivity index (χ3n) is 2.63. The lowest BCUT2D eigenvalue weighted by molar-refractivity contribution is -0.118. The van der Waals surface area contributed by atoms with Gasteiger partial charge in [-0.1, -0.05) is 18.2 Å². The summed E-state index contributed by atoms with van der Waals surface area (Å²) in [7, 11) is 0. The first-order valence-electron chi connectivity index (χ1n) is 5.14. The SMILES string of the molecule is CC(=O)[C@H](Cc1cc2ccccc2[nH]1)NI. The molecule has 0 aliphatic rings. The number of halogens is 1. The molecule has 2 rings (SSSR count). The number of hydrogen-bond acceptors (Lipinski definition) is 2. The number of aromatic amines is 1. The zero-order valence-corrected chi connectivity index (χ0v) is 11.1. The minimum absolute atomic E-state index is 0.117. The van der Waals surface area contributed by atoms with Crippen molar-refractivity contribution in [2.24, 2.45) is 0 Å². The van der Waals surface area contributed by atoms with Gasteiger partial charge in [0.15, 0.2) is 0 Å². The molecular weight excluding hydrogens is 315 g/mol. The van der Waals surface area contributed by atoms with E-state index in [9.17, 15) is 4.79 Å². The van der Waals surface area contributed by atoms with Crippen molar-refractivity contribution in [3.63, 3.8) is 0 Å². The second-order valence-electron chi connectivity index (χ2n) is 3.86. The van der Waals surface area contributed by atoms with Gasteiger partial charge >= 0.3 is 0 Å². The Balaban J connectivity index is 2.24. The van der Waals surface area contributed by atoms with Crippen LogP contribution in [-0.4, -0.2) is 16.8 Å². The van der Waals surface area contributed by atoms with Crippen LogP contribution < -0.4 is 3.53 Å². The molecule has 1 aromatic carbocycles. The number of benzene rings is 1. The van der Waals surface area contributed by atoms with E-state index in [2.05, 4.69) is 20.6 Å². The number of rotatable bonds is 4. The van der Waals surface area contributed by atoms with Crippen molar-refractivity contribution in [3.05, 3.63) is 36.0 Å². The highest BCUT2D eigenvalue weighted by Crippen LogP contribution is 2.16. The van der Waals surface area contributed by atoms with Crippen LogP contribution in [0.1, 0.15) is 12.6 Å². The van der Waals surface area contributed by atoms with Crippen LogP contribution >= 0.6 is 22.9 Å². The summed E-state index contributed by atoms with van der Waals surface area (Å²) in [4.78, 5) is 14.6. The van der Waals surface area contributed by atoms with Gasteiger partial charge in [0, 0.05) is 40.5 Å². The molecule has 1 aromatic heterocycles. The maximum atomic E-state index is 11.3. The van der Waals surface area contributed by atoms with Crippen molar-refractivity contribution in [1.29, 1.82) is 0 Å². The monoisotopic (exact) mass is 328 g/mol. The fourth-order valence-corrected chi connectivity index (χ4v) is 2.38. The molecule has 84 valence electrons. The van der Waals surface area contributed by atoms with Crippen LogP contribution in [0, 0.1) is 0 Å². The van der Waals surface area contributed by atoms with E-state index < -0.39 is 0 Å². The molecule has 0 saturated carbocycles. The Kier molecular flexibility index (Phi) is 3.60. The maximum Gasteiger partial charge on any atom is 0.147 e. The van der Waals surface area contributed by atoms with Gasteiger partial charge < -0.3 is 4.98 Å². The van der Waals surface area contributed by atoms with E-state index in [1.54, 1.807) is 6.92 Å². The van der Waals surface area contributed by atoms with E-state index in [0.717, 1.165) is 11.2 Å². The normalized spacial score (nSPS) is 12.9. The van der Waals surface area contributed by atoms with Gasteiger partial charge in [-0.25, -0.2) is 0 Å². The zero-order valence-electron chi connectivity index (χ0n) is 8.96. The molecule has 0 fully saturated rings. The predicted octanol–water partition coefficient (Wildman–Crippen LogP) is 2.61. The smallest absolute Gasteiger partial charge is 0.147 e. The average molecular weight is 328 g/mol. The molecule has 4 heteroatoms. The fourth-order valence-electron chi connectivity index (χ4n) is 1.72. The second-order valence-corrected chi connectivity index (χ2v) is 4.48. The summed E-state index contributed by atoms with van der Waals surface area (Å²) >= 11 is 2.03. The Hall–Kier alpha value is -0.880. The Bertz CT molecular complexity index is 473. The largest absolute Gasteiger partial charge is 0.358 e. The lowest BCUT2D eigenvalue weighted by atomic mass is 10.1. The van der Waals surface area contributed by atoms with Gasteiger partial charge in [-0.2, -0.15) is 0 Å². The minimum atomic E-state index is -0.117. The van der Waals surface area contributed by atoms with Crippen LogP contribution in [0.25, 0.3) is 10.9 Å². The van der Waals surface area contributed by atoms with Gasteiger partial charge in [-0.05, 0) is 24.4 Å². The predicted molar refractivity (Wildman–Crippen MR) is 73.6 cm³/mol. The quantitative estimate of drug-likeness (QED) is 0.669. The number of carbonyl (C=O) groups excluding carboxylic acids is 1. The van der Waals surface area contributed by atoms with Gasteiger partial charge in [0.25, 0.3) is 0 Å². The molecule has 16 heavy (non-hydrogen) atoms. The molecule has 0 unspecified atom stereocenters. The summed E-state index contributed by atoms with van der Waals surface area (Å²) in [5.74, 6) is 0.160. The highest BCUT2D eigenvalue weighted by atomic mass is 127. The van der Waals surface area contributed by atoms with Crippen molar-refractivity contribution in [1.82, 2.24) is 8.51 Å². The lowest BCUT2D eigenvalue weighted by Gasteiger charge is -2.09. The Morgan fingerprint density at radius 2 is 2.25 bits per heavy atom. The fraction of sp³-hybridized carbons (Fsp3) is 0.250. The molecule has 0 bridgehead atoms. The number of ketones is 1. The van der Waals surface area contributed by atoms with E-state index >= 15 is 0 Å². The number of nitrogens with one attached hydrogen (secondary N) is 2. The first-order chi connectivity index (χ1) is 7.70. The second kappa shape index (κ2) is 4.97. The van der Waals surface area contributed by atoms with Gasteiger partial charge in [0.2, 0.25) is 0 Å². The number of hydrogen-bond donors (Lipinski definition) is 2. The highest BCUT2D eigenvalue weighted by Gasteiger charge is 2.14. The first-order valence-corrected chi connectivity index (χ1v) is 6.22. The van der Waals surface area contributed by atoms with Crippen LogP contribution in [0.2, 0.25) is 0 Å². The first kappa shape index (κ1) is 11.6. The van der Waals surface area contributed by atoms with Crippen LogP contribution in [0.15, 0.2) is 30.3 Å². The summed E-state index contributed by atoms with van der Waals surface area (Å²) < 4.78 is 2.99. The maximum absolute atomic E-state index is 11.3. The standard InChI is InChI=1S/C12H13IN2O/c1-8(16)12(15-13)7-10-6-9-4-2-3-5-11(9)14-10/h2-6,12,14-15H,7H2,1H3/t12-/m0/s1. The van der Waals surface area contributed by atoms with Gasteiger partial charge in [-0.3, -0.25) is 8.32 Å². The molecule has 0 amide bonds. The molecule has 1 atom stereocenters. The lowest BCUT2D eigenvalue weighted by Crippen LogP contribution is -2.30. The van der Waals surface area contributed by atoms with Crippen LogP contribution in [0.5, 0.6) is 0 Å². The van der Waals surface area contributed by atoms with Crippen molar-refractivity contribution in [2.45, 2.75) is 19.4 Å². The van der Waals surface area contributed by atoms with Crippen molar-refractivity contribution >= 4 is 39.6 Å². The Morgan fingerprint density at radius 1 is 1.50 bits per heavy atom.